The summed E-state index contributed by atoms with van der Waals surface area (Å²) in [6, 6.07) is 72.7. The number of benzene rings is 6. The number of fused-ring (bicyclic) bond motifs is 18. The molecule has 612 valence electrons. The van der Waals surface area contributed by atoms with Crippen molar-refractivity contribution in [3.8, 4) is 66.9 Å². The average Bonchev–Trinajstić information content (AvgIpc) is 1.65. The van der Waals surface area contributed by atoms with Crippen LogP contribution in [-0.4, -0.2) is 29.9 Å². The minimum atomic E-state index is -0.0623. The molecule has 0 bridgehead atoms. The van der Waals surface area contributed by atoms with Crippen LogP contribution in [0.5, 0.6) is 0 Å². The molecule has 0 spiro atoms. The summed E-state index contributed by atoms with van der Waals surface area (Å²) in [6.07, 6.45) is 15.2. The van der Waals surface area contributed by atoms with E-state index in [2.05, 4.69) is 295 Å². The SMILES string of the molecule is CC.CC.CC.CC.CC.CC.CC.CC.CC.CC.CC.CC.CC1(C)c2ccccc2-c2ccccc21.CC1(C)c2ccccc2-c2cccnc21.CC1(C)c2ccccc2-c2ccncc21.CC1(C)c2ccccc2-c2cnccc21.CC1(C)c2ccccc2-c2ncccc21.CC1(C)c2ncccc2-c2cccnc21. The second-order valence-electron chi connectivity index (χ2n) is 27.5. The van der Waals surface area contributed by atoms with Crippen molar-refractivity contribution in [2.45, 2.75) is 282 Å². The number of pyridine rings is 6. The lowest BCUT2D eigenvalue weighted by Crippen LogP contribution is -2.17. The third-order valence-electron chi connectivity index (χ3n) is 20.0. The number of rotatable bonds is 0. The van der Waals surface area contributed by atoms with Gasteiger partial charge in [-0.2, -0.15) is 0 Å². The average molecular weight is 1530 g/mol. The molecule has 18 rings (SSSR count). The second-order valence-corrected chi connectivity index (χ2v) is 27.5. The Morgan fingerprint density at radius 3 is 0.754 bits per heavy atom. The molecule has 6 heterocycles. The van der Waals surface area contributed by atoms with Gasteiger partial charge in [0, 0.05) is 104 Å². The van der Waals surface area contributed by atoms with E-state index in [4.69, 9.17) is 0 Å². The second kappa shape index (κ2) is 50.4. The Morgan fingerprint density at radius 2 is 0.377 bits per heavy atom. The van der Waals surface area contributed by atoms with E-state index >= 15 is 0 Å². The molecule has 0 saturated heterocycles. The van der Waals surface area contributed by atoms with Crippen molar-refractivity contribution >= 4 is 0 Å². The van der Waals surface area contributed by atoms with Crippen LogP contribution in [0.1, 0.15) is 316 Å². The zero-order valence-corrected chi connectivity index (χ0v) is 77.9. The van der Waals surface area contributed by atoms with Gasteiger partial charge in [0.15, 0.2) is 0 Å². The van der Waals surface area contributed by atoms with Gasteiger partial charge >= 0.3 is 0 Å². The molecule has 6 nitrogen and oxygen atoms in total. The van der Waals surface area contributed by atoms with Gasteiger partial charge in [0.25, 0.3) is 0 Å². The molecular formula is C108H150N6. The molecule has 0 saturated carbocycles. The zero-order valence-electron chi connectivity index (χ0n) is 77.9. The maximum Gasteiger partial charge on any atom is 0.0745 e. The van der Waals surface area contributed by atoms with Gasteiger partial charge in [0.05, 0.1) is 28.2 Å². The third-order valence-corrected chi connectivity index (χ3v) is 20.0. The molecule has 0 radical (unpaired) electrons. The van der Waals surface area contributed by atoms with Gasteiger partial charge in [-0.25, -0.2) is 0 Å². The first-order valence-corrected chi connectivity index (χ1v) is 43.6. The Kier molecular flexibility index (Phi) is 45.2. The molecule has 0 amide bonds. The highest BCUT2D eigenvalue weighted by Gasteiger charge is 2.41. The first-order valence-electron chi connectivity index (χ1n) is 43.6. The van der Waals surface area contributed by atoms with E-state index in [1.165, 1.54) is 117 Å². The van der Waals surface area contributed by atoms with Crippen molar-refractivity contribution in [3.05, 3.63) is 323 Å². The van der Waals surface area contributed by atoms with E-state index in [-0.39, 0.29) is 32.5 Å². The first-order chi connectivity index (χ1) is 55.3. The van der Waals surface area contributed by atoms with E-state index in [1.54, 1.807) is 0 Å². The summed E-state index contributed by atoms with van der Waals surface area (Å²) in [4.78, 5) is 26.5. The van der Waals surface area contributed by atoms with Gasteiger partial charge < -0.3 is 0 Å². The molecule has 6 aliphatic carbocycles. The molecular weight excluding hydrogens is 1380 g/mol. The molecule has 0 unspecified atom stereocenters. The first kappa shape index (κ1) is 102. The number of hydrogen-bond donors (Lipinski definition) is 0. The van der Waals surface area contributed by atoms with Gasteiger partial charge in [-0.3, -0.25) is 29.9 Å². The van der Waals surface area contributed by atoms with Crippen molar-refractivity contribution in [2.75, 3.05) is 0 Å². The van der Waals surface area contributed by atoms with E-state index in [9.17, 15) is 0 Å². The van der Waals surface area contributed by atoms with Gasteiger partial charge in [0.2, 0.25) is 0 Å². The molecule has 6 aromatic carbocycles. The molecule has 0 aliphatic heterocycles. The van der Waals surface area contributed by atoms with Crippen LogP contribution in [-0.2, 0) is 32.5 Å². The highest BCUT2D eigenvalue weighted by molar-refractivity contribution is 5.84. The molecule has 6 aliphatic rings. The summed E-state index contributed by atoms with van der Waals surface area (Å²) in [5.41, 5.74) is 32.2. The minimum Gasteiger partial charge on any atom is -0.264 e. The summed E-state index contributed by atoms with van der Waals surface area (Å²) >= 11 is 0. The van der Waals surface area contributed by atoms with Crippen molar-refractivity contribution in [1.29, 1.82) is 0 Å². The van der Waals surface area contributed by atoms with Gasteiger partial charge in [-0.05, 0) is 134 Å². The maximum absolute atomic E-state index is 4.53. The largest absolute Gasteiger partial charge is 0.264 e. The lowest BCUT2D eigenvalue weighted by Gasteiger charge is -2.20. The van der Waals surface area contributed by atoms with Crippen LogP contribution in [0.25, 0.3) is 66.9 Å². The van der Waals surface area contributed by atoms with Crippen molar-refractivity contribution in [2.24, 2.45) is 0 Å². The standard InChI is InChI=1S/C15H14.4C14H13N.C13H12N2.12C2H6/c1-15(2)13-9-5-3-7-11(13)12-8-4-6-10-14(12)15;1-14(2)12-8-4-3-6-10(12)11-7-5-9-15-13(11)14;1-14(2)11-7-4-3-6-10(11)13-12(14)8-5-9-15-13;1-14(2)12-6-4-3-5-10(12)11-9-15-8-7-13(11)14;1-14(2)12-6-4-3-5-10(12)11-7-8-15-9-13(11)14;1-13(2)11-9(5-3-7-14-11)10-6-4-8-15-12(10)13;12*1-2/h3-10H,1-2H3;4*3-9H,1-2H3;3-8H,1-2H3;12*1-2H3. The number of hydrogen-bond acceptors (Lipinski definition) is 6. The lowest BCUT2D eigenvalue weighted by atomic mass is 9.82. The van der Waals surface area contributed by atoms with Gasteiger partial charge in [0.1, 0.15) is 0 Å². The number of aromatic nitrogens is 6. The summed E-state index contributed by atoms with van der Waals surface area (Å²) < 4.78 is 0. The van der Waals surface area contributed by atoms with E-state index in [0.29, 0.717) is 0 Å². The van der Waals surface area contributed by atoms with Crippen LogP contribution in [0.3, 0.4) is 0 Å². The highest BCUT2D eigenvalue weighted by Crippen LogP contribution is 2.53. The molecule has 6 heteroatoms. The fourth-order valence-corrected chi connectivity index (χ4v) is 15.1. The molecule has 0 atom stereocenters. The fourth-order valence-electron chi connectivity index (χ4n) is 15.1. The van der Waals surface area contributed by atoms with Crippen LogP contribution in [0, 0.1) is 0 Å². The number of nitrogens with zero attached hydrogens (tertiary/aromatic N) is 6. The van der Waals surface area contributed by atoms with Crippen molar-refractivity contribution in [1.82, 2.24) is 29.9 Å². The lowest BCUT2D eigenvalue weighted by molar-refractivity contribution is 0.616. The van der Waals surface area contributed by atoms with Crippen LogP contribution >= 0.6 is 0 Å². The Morgan fingerprint density at radius 1 is 0.158 bits per heavy atom. The maximum atomic E-state index is 4.53. The summed E-state index contributed by atoms with van der Waals surface area (Å²) in [5, 5.41) is 0. The highest BCUT2D eigenvalue weighted by atomic mass is 14.8. The minimum absolute atomic E-state index is 0.0488. The summed E-state index contributed by atoms with van der Waals surface area (Å²) in [6.45, 7) is 75.0. The van der Waals surface area contributed by atoms with E-state index in [1.807, 2.05) is 240 Å². The van der Waals surface area contributed by atoms with E-state index < -0.39 is 0 Å². The Hall–Kier alpha value is -9.78. The van der Waals surface area contributed by atoms with Crippen LogP contribution < -0.4 is 0 Å². The predicted molar refractivity (Wildman–Crippen MR) is 507 cm³/mol. The van der Waals surface area contributed by atoms with Crippen LogP contribution in [0.4, 0.5) is 0 Å². The Balaban J connectivity index is 0.000000648. The zero-order chi connectivity index (χ0) is 86.8. The summed E-state index contributed by atoms with van der Waals surface area (Å²) in [7, 11) is 0. The smallest absolute Gasteiger partial charge is 0.0745 e. The molecule has 0 N–H and O–H groups in total. The van der Waals surface area contributed by atoms with Crippen molar-refractivity contribution in [3.63, 3.8) is 0 Å². The van der Waals surface area contributed by atoms with Gasteiger partial charge in [-0.1, -0.05) is 405 Å². The van der Waals surface area contributed by atoms with Crippen LogP contribution in [0.15, 0.2) is 256 Å². The fraction of sp³-hybridized carbons (Fsp3) is 0.389. The van der Waals surface area contributed by atoms with E-state index in [0.717, 1.165) is 17.1 Å². The quantitative estimate of drug-likeness (QED) is 0.151. The molecule has 0 fully saturated rings. The Bertz CT molecular complexity index is 3640. The molecule has 114 heavy (non-hydrogen) atoms. The Labute approximate surface area is 697 Å². The van der Waals surface area contributed by atoms with Crippen LogP contribution in [0.2, 0.25) is 0 Å². The molecule has 6 aromatic heterocycles. The normalized spacial score (nSPS) is 13.2. The predicted octanol–water partition coefficient (Wildman–Crippen LogP) is 32.6. The topological polar surface area (TPSA) is 77.3 Å². The third kappa shape index (κ3) is 22.0. The molecule has 12 aromatic rings. The summed E-state index contributed by atoms with van der Waals surface area (Å²) in [5.74, 6) is 0. The van der Waals surface area contributed by atoms with Gasteiger partial charge in [-0.15, -0.1) is 0 Å². The monoisotopic (exact) mass is 1530 g/mol. The van der Waals surface area contributed by atoms with Crippen molar-refractivity contribution < 1.29 is 0 Å².